The monoisotopic (exact) mass is 518 g/mol. The van der Waals surface area contributed by atoms with Gasteiger partial charge in [0.1, 0.15) is 5.75 Å². The van der Waals surface area contributed by atoms with Gasteiger partial charge in [0.05, 0.1) is 4.90 Å². The molecule has 0 radical (unpaired) electrons. The van der Waals surface area contributed by atoms with Gasteiger partial charge in [-0.3, -0.25) is 4.79 Å². The SMILES string of the molecule is O=C(Oc1ccccc1SC(=O)C(F)(F)C(F)(F)C(F)(F)F)C(F)(F)C(F)(F)C(F)(F)F. The molecule has 0 amide bonds. The van der Waals surface area contributed by atoms with E-state index in [1.54, 1.807) is 0 Å². The van der Waals surface area contributed by atoms with Gasteiger partial charge in [0, 0.05) is 0 Å². The van der Waals surface area contributed by atoms with Crippen molar-refractivity contribution in [2.45, 2.75) is 40.9 Å². The normalized spacial score (nSPS) is 14.3. The van der Waals surface area contributed by atoms with Crippen LogP contribution in [-0.4, -0.2) is 47.1 Å². The number of ether oxygens (including phenoxy) is 1. The van der Waals surface area contributed by atoms with Gasteiger partial charge in [0.25, 0.3) is 5.12 Å². The Bertz CT molecular complexity index is 803. The maximum atomic E-state index is 13.4. The molecule has 1 aromatic rings. The second kappa shape index (κ2) is 8.26. The van der Waals surface area contributed by atoms with Crippen molar-refractivity contribution in [3.63, 3.8) is 0 Å². The van der Waals surface area contributed by atoms with Crippen LogP contribution in [0.1, 0.15) is 0 Å². The summed E-state index contributed by atoms with van der Waals surface area (Å²) in [6.45, 7) is 0. The summed E-state index contributed by atoms with van der Waals surface area (Å²) in [6, 6.07) is 1.97. The molecule has 0 aliphatic rings. The van der Waals surface area contributed by atoms with Crippen LogP contribution < -0.4 is 4.74 Å². The molecule has 1 rings (SSSR count). The molecule has 0 heterocycles. The third kappa shape index (κ3) is 4.73. The molecule has 0 spiro atoms. The quantitative estimate of drug-likeness (QED) is 0.204. The average Bonchev–Trinajstić information content (AvgIpc) is 2.60. The summed E-state index contributed by atoms with van der Waals surface area (Å²) in [7, 11) is 0. The van der Waals surface area contributed by atoms with E-state index in [0.717, 1.165) is 0 Å². The van der Waals surface area contributed by atoms with E-state index >= 15 is 0 Å². The van der Waals surface area contributed by atoms with Gasteiger partial charge in [-0.25, -0.2) is 4.79 Å². The van der Waals surface area contributed by atoms with Gasteiger partial charge >= 0.3 is 42.0 Å². The van der Waals surface area contributed by atoms with Crippen molar-refractivity contribution < 1.29 is 75.8 Å². The Morgan fingerprint density at radius 3 is 1.50 bits per heavy atom. The first-order valence-corrected chi connectivity index (χ1v) is 8.01. The number of carbonyl (C=O) groups is 2. The second-order valence-corrected chi connectivity index (χ2v) is 6.53. The molecule has 18 heteroatoms. The number of halogens is 14. The average molecular weight is 518 g/mol. The second-order valence-electron chi connectivity index (χ2n) is 5.52. The molecule has 0 aliphatic heterocycles. The molecule has 182 valence electrons. The molecule has 32 heavy (non-hydrogen) atoms. The molecular weight excluding hydrogens is 514 g/mol. The van der Waals surface area contributed by atoms with Crippen molar-refractivity contribution >= 4 is 22.8 Å². The zero-order chi connectivity index (χ0) is 25.6. The van der Waals surface area contributed by atoms with Gasteiger partial charge in [0.2, 0.25) is 0 Å². The fourth-order valence-electron chi connectivity index (χ4n) is 1.56. The van der Waals surface area contributed by atoms with E-state index in [1.165, 1.54) is 0 Å². The van der Waals surface area contributed by atoms with Crippen LogP contribution in [0.5, 0.6) is 5.75 Å². The van der Waals surface area contributed by atoms with Crippen molar-refractivity contribution in [3.05, 3.63) is 24.3 Å². The number of benzene rings is 1. The minimum Gasteiger partial charge on any atom is -0.421 e. The molecule has 0 unspecified atom stereocenters. The van der Waals surface area contributed by atoms with Crippen LogP contribution in [0.15, 0.2) is 29.2 Å². The number of hydrogen-bond acceptors (Lipinski definition) is 4. The molecule has 1 aromatic carbocycles. The Balaban J connectivity index is 3.25. The van der Waals surface area contributed by atoms with Gasteiger partial charge in [-0.15, -0.1) is 0 Å². The van der Waals surface area contributed by atoms with Crippen LogP contribution >= 0.6 is 11.8 Å². The van der Waals surface area contributed by atoms with Crippen LogP contribution in [0.2, 0.25) is 0 Å². The van der Waals surface area contributed by atoms with E-state index in [2.05, 4.69) is 4.74 Å². The first kappa shape index (κ1) is 27.8. The Morgan fingerprint density at radius 1 is 0.656 bits per heavy atom. The minimum absolute atomic E-state index is 0.259. The Labute approximate surface area is 170 Å². The van der Waals surface area contributed by atoms with Crippen molar-refractivity contribution in [1.82, 2.24) is 0 Å². The number of thioether (sulfide) groups is 1. The van der Waals surface area contributed by atoms with E-state index in [0.29, 0.717) is 18.2 Å². The lowest BCUT2D eigenvalue weighted by atomic mass is 10.1. The summed E-state index contributed by atoms with van der Waals surface area (Å²) >= 11 is -1.21. The van der Waals surface area contributed by atoms with Crippen LogP contribution in [0, 0.1) is 0 Å². The van der Waals surface area contributed by atoms with Gasteiger partial charge in [-0.2, -0.15) is 61.5 Å². The zero-order valence-corrected chi connectivity index (χ0v) is 15.1. The maximum Gasteiger partial charge on any atom is 0.460 e. The number of para-hydroxylation sites is 1. The fourth-order valence-corrected chi connectivity index (χ4v) is 2.37. The molecule has 0 atom stereocenters. The highest BCUT2D eigenvalue weighted by Gasteiger charge is 2.78. The van der Waals surface area contributed by atoms with E-state index in [9.17, 15) is 71.1 Å². The predicted molar refractivity (Wildman–Crippen MR) is 74.8 cm³/mol. The number of esters is 1. The molecule has 0 saturated heterocycles. The van der Waals surface area contributed by atoms with Crippen molar-refractivity contribution in [2.75, 3.05) is 0 Å². The lowest BCUT2D eigenvalue weighted by Gasteiger charge is -2.27. The number of hydrogen-bond donors (Lipinski definition) is 0. The Morgan fingerprint density at radius 2 is 1.06 bits per heavy atom. The van der Waals surface area contributed by atoms with Crippen LogP contribution in [0.25, 0.3) is 0 Å². The van der Waals surface area contributed by atoms with E-state index < -0.39 is 69.5 Å². The summed E-state index contributed by atoms with van der Waals surface area (Å²) in [5.74, 6) is -32.2. The minimum atomic E-state index is -6.99. The standard InChI is InChI=1S/C14H4F14O3S/c15-9(16,11(19,20)13(23,24)25)7(29)31-5-3-1-2-4-6(5)32-8(30)10(17,18)12(21,22)14(26,27)28/h1-4H. The van der Waals surface area contributed by atoms with Gasteiger partial charge in [-0.05, 0) is 23.9 Å². The number of carbonyl (C=O) groups excluding carboxylic acids is 2. The Hall–Kier alpha value is -2.27. The van der Waals surface area contributed by atoms with Crippen LogP contribution in [-0.2, 0) is 9.59 Å². The first-order chi connectivity index (χ1) is 14.0. The largest absolute Gasteiger partial charge is 0.460 e. The smallest absolute Gasteiger partial charge is 0.421 e. The summed E-state index contributed by atoms with van der Waals surface area (Å²) in [5.41, 5.74) is 0. The highest BCUT2D eigenvalue weighted by atomic mass is 32.2. The summed E-state index contributed by atoms with van der Waals surface area (Å²) in [4.78, 5) is 21.2. The molecular formula is C14H4F14O3S. The summed E-state index contributed by atoms with van der Waals surface area (Å²) in [5, 5.41) is -3.25. The third-order valence-electron chi connectivity index (χ3n) is 3.27. The highest BCUT2D eigenvalue weighted by molar-refractivity contribution is 8.14. The van der Waals surface area contributed by atoms with Gasteiger partial charge in [0.15, 0.2) is 0 Å². The van der Waals surface area contributed by atoms with Crippen molar-refractivity contribution in [2.24, 2.45) is 0 Å². The third-order valence-corrected chi connectivity index (χ3v) is 4.27. The molecule has 0 fully saturated rings. The molecule has 0 N–H and O–H groups in total. The van der Waals surface area contributed by atoms with E-state index in [-0.39, 0.29) is 6.07 Å². The van der Waals surface area contributed by atoms with Gasteiger partial charge in [-0.1, -0.05) is 12.1 Å². The lowest BCUT2D eigenvalue weighted by Crippen LogP contribution is -2.57. The highest BCUT2D eigenvalue weighted by Crippen LogP contribution is 2.50. The van der Waals surface area contributed by atoms with E-state index in [1.807, 2.05) is 0 Å². The van der Waals surface area contributed by atoms with Crippen molar-refractivity contribution in [3.8, 4) is 5.75 Å². The lowest BCUT2D eigenvalue weighted by molar-refractivity contribution is -0.346. The summed E-state index contributed by atoms with van der Waals surface area (Å²) < 4.78 is 181. The molecule has 0 saturated carbocycles. The van der Waals surface area contributed by atoms with Crippen LogP contribution in [0.3, 0.4) is 0 Å². The maximum absolute atomic E-state index is 13.4. The molecule has 3 nitrogen and oxygen atoms in total. The Kier molecular flexibility index (Phi) is 7.16. The first-order valence-electron chi connectivity index (χ1n) is 7.20. The molecule has 0 aromatic heterocycles. The van der Waals surface area contributed by atoms with Gasteiger partial charge < -0.3 is 4.74 Å². The fraction of sp³-hybridized carbons (Fsp3) is 0.429. The predicted octanol–water partition coefficient (Wildman–Crippen LogP) is 5.88. The topological polar surface area (TPSA) is 43.4 Å². The zero-order valence-electron chi connectivity index (χ0n) is 14.2. The number of alkyl halides is 14. The molecule has 0 aliphatic carbocycles. The molecule has 0 bridgehead atoms. The van der Waals surface area contributed by atoms with Crippen molar-refractivity contribution in [1.29, 1.82) is 0 Å². The van der Waals surface area contributed by atoms with Crippen LogP contribution in [0.4, 0.5) is 61.5 Å². The summed E-state index contributed by atoms with van der Waals surface area (Å²) in [6.07, 6.45) is -13.9. The van der Waals surface area contributed by atoms with E-state index in [4.69, 9.17) is 0 Å². The number of rotatable bonds is 6.